The van der Waals surface area contributed by atoms with Crippen LogP contribution in [0.15, 0.2) is 24.3 Å². The van der Waals surface area contributed by atoms with Crippen molar-refractivity contribution in [2.75, 3.05) is 15.8 Å². The minimum Gasteiger partial charge on any atom is -0.325 e. The summed E-state index contributed by atoms with van der Waals surface area (Å²) in [5.41, 5.74) is 6.46. The lowest BCUT2D eigenvalue weighted by atomic mass is 10.2. The molecule has 19 heavy (non-hydrogen) atoms. The minimum atomic E-state index is -3.29. The zero-order chi connectivity index (χ0) is 14.5. The highest BCUT2D eigenvalue weighted by molar-refractivity contribution is 7.92. The average Bonchev–Trinajstić information content (AvgIpc) is 2.31. The van der Waals surface area contributed by atoms with Gasteiger partial charge in [0.15, 0.2) is 0 Å². The summed E-state index contributed by atoms with van der Waals surface area (Å²) < 4.78 is 25.6. The van der Waals surface area contributed by atoms with E-state index in [2.05, 4.69) is 10.0 Å². The molecule has 0 saturated carbocycles. The summed E-state index contributed by atoms with van der Waals surface area (Å²) in [5, 5.41) is 2.62. The average molecular weight is 285 g/mol. The zero-order valence-electron chi connectivity index (χ0n) is 11.0. The van der Waals surface area contributed by atoms with Crippen LogP contribution in [-0.2, 0) is 14.8 Å². The number of hydrogen-bond acceptors (Lipinski definition) is 4. The Morgan fingerprint density at radius 3 is 2.26 bits per heavy atom. The number of amides is 1. The molecule has 1 rings (SSSR count). The van der Waals surface area contributed by atoms with E-state index in [9.17, 15) is 13.2 Å². The maximum Gasteiger partial charge on any atom is 0.240 e. The first-order valence-electron chi connectivity index (χ1n) is 6.01. The number of carbonyl (C=O) groups excluding carboxylic acids is 1. The normalized spacial score (nSPS) is 12.8. The standard InChI is InChI=1S/C12H19N3O3S/c1-3-8-19(17,18)15-11-6-4-10(5-7-11)14-12(16)9(2)13/h4-7,9,15H,3,8,13H2,1-2H3,(H,14,16)/t9-/m0/s1. The minimum absolute atomic E-state index is 0.0795. The van der Waals surface area contributed by atoms with Crippen molar-refractivity contribution >= 4 is 27.3 Å². The highest BCUT2D eigenvalue weighted by Gasteiger charge is 2.10. The second-order valence-corrected chi connectivity index (χ2v) is 6.12. The van der Waals surface area contributed by atoms with Crippen LogP contribution in [0.25, 0.3) is 0 Å². The third-order valence-electron chi connectivity index (χ3n) is 2.31. The van der Waals surface area contributed by atoms with E-state index < -0.39 is 16.1 Å². The molecule has 1 aromatic rings. The van der Waals surface area contributed by atoms with Crippen LogP contribution in [0.3, 0.4) is 0 Å². The Labute approximate surface area is 113 Å². The van der Waals surface area contributed by atoms with Gasteiger partial charge in [0, 0.05) is 11.4 Å². The quantitative estimate of drug-likeness (QED) is 0.729. The molecular formula is C12H19N3O3S. The summed E-state index contributed by atoms with van der Waals surface area (Å²) in [6.45, 7) is 3.38. The van der Waals surface area contributed by atoms with Crippen molar-refractivity contribution in [2.45, 2.75) is 26.3 Å². The fourth-order valence-corrected chi connectivity index (χ4v) is 2.51. The molecule has 106 valence electrons. The fourth-order valence-electron chi connectivity index (χ4n) is 1.38. The van der Waals surface area contributed by atoms with Gasteiger partial charge < -0.3 is 11.1 Å². The molecule has 0 heterocycles. The Morgan fingerprint density at radius 1 is 1.26 bits per heavy atom. The smallest absolute Gasteiger partial charge is 0.240 e. The zero-order valence-corrected chi connectivity index (χ0v) is 11.8. The molecule has 0 bridgehead atoms. The number of nitrogens with two attached hydrogens (primary N) is 1. The maximum atomic E-state index is 11.6. The van der Waals surface area contributed by atoms with Crippen molar-refractivity contribution in [2.24, 2.45) is 5.73 Å². The van der Waals surface area contributed by atoms with Gasteiger partial charge in [-0.2, -0.15) is 0 Å². The molecule has 1 amide bonds. The summed E-state index contributed by atoms with van der Waals surface area (Å²) in [7, 11) is -3.29. The largest absolute Gasteiger partial charge is 0.325 e. The van der Waals surface area contributed by atoms with Gasteiger partial charge in [-0.15, -0.1) is 0 Å². The van der Waals surface area contributed by atoms with Crippen LogP contribution < -0.4 is 15.8 Å². The van der Waals surface area contributed by atoms with Gasteiger partial charge in [0.05, 0.1) is 11.8 Å². The number of rotatable bonds is 6. The molecule has 0 unspecified atom stereocenters. The van der Waals surface area contributed by atoms with Crippen LogP contribution in [0.2, 0.25) is 0 Å². The van der Waals surface area contributed by atoms with E-state index in [0.717, 1.165) is 0 Å². The Hall–Kier alpha value is -1.60. The number of carbonyl (C=O) groups is 1. The predicted molar refractivity (Wildman–Crippen MR) is 76.4 cm³/mol. The molecule has 1 aromatic carbocycles. The van der Waals surface area contributed by atoms with E-state index in [0.29, 0.717) is 17.8 Å². The van der Waals surface area contributed by atoms with Gasteiger partial charge >= 0.3 is 0 Å². The van der Waals surface area contributed by atoms with E-state index in [4.69, 9.17) is 5.73 Å². The van der Waals surface area contributed by atoms with Crippen molar-refractivity contribution in [1.29, 1.82) is 0 Å². The second-order valence-electron chi connectivity index (χ2n) is 4.28. The summed E-state index contributed by atoms with van der Waals surface area (Å²) in [4.78, 5) is 11.4. The van der Waals surface area contributed by atoms with Crippen LogP contribution in [-0.4, -0.2) is 26.1 Å². The Bertz CT molecular complexity index is 524. The highest BCUT2D eigenvalue weighted by atomic mass is 32.2. The topological polar surface area (TPSA) is 101 Å². The Balaban J connectivity index is 2.69. The van der Waals surface area contributed by atoms with Crippen molar-refractivity contribution in [3.05, 3.63) is 24.3 Å². The molecule has 6 nitrogen and oxygen atoms in total. The van der Waals surface area contributed by atoms with Crippen LogP contribution in [0, 0.1) is 0 Å². The Morgan fingerprint density at radius 2 is 1.79 bits per heavy atom. The van der Waals surface area contributed by atoms with Gasteiger partial charge in [0.2, 0.25) is 15.9 Å². The van der Waals surface area contributed by atoms with Crippen LogP contribution in [0.5, 0.6) is 0 Å². The van der Waals surface area contributed by atoms with E-state index in [-0.39, 0.29) is 11.7 Å². The second kappa shape index (κ2) is 6.53. The molecule has 1 atom stereocenters. The molecular weight excluding hydrogens is 266 g/mol. The van der Waals surface area contributed by atoms with Crippen molar-refractivity contribution in [3.8, 4) is 0 Å². The molecule has 0 aromatic heterocycles. The van der Waals surface area contributed by atoms with Gasteiger partial charge in [-0.05, 0) is 37.6 Å². The lowest BCUT2D eigenvalue weighted by Gasteiger charge is -2.10. The number of nitrogens with one attached hydrogen (secondary N) is 2. The maximum absolute atomic E-state index is 11.6. The molecule has 7 heteroatoms. The van der Waals surface area contributed by atoms with E-state index >= 15 is 0 Å². The summed E-state index contributed by atoms with van der Waals surface area (Å²) >= 11 is 0. The first kappa shape index (κ1) is 15.5. The van der Waals surface area contributed by atoms with E-state index in [1.54, 1.807) is 38.1 Å². The van der Waals surface area contributed by atoms with Gasteiger partial charge in [-0.1, -0.05) is 6.92 Å². The number of anilines is 2. The summed E-state index contributed by atoms with van der Waals surface area (Å²) in [6, 6.07) is 5.81. The molecule has 0 aliphatic rings. The first-order chi connectivity index (χ1) is 8.84. The first-order valence-corrected chi connectivity index (χ1v) is 7.66. The van der Waals surface area contributed by atoms with Crippen LogP contribution >= 0.6 is 0 Å². The molecule has 0 aliphatic carbocycles. The summed E-state index contributed by atoms with van der Waals surface area (Å²) in [6.07, 6.45) is 0.553. The molecule has 4 N–H and O–H groups in total. The lowest BCUT2D eigenvalue weighted by Crippen LogP contribution is -2.32. The van der Waals surface area contributed by atoms with Crippen molar-refractivity contribution in [1.82, 2.24) is 0 Å². The predicted octanol–water partition coefficient (Wildman–Crippen LogP) is 1.12. The number of sulfonamides is 1. The van der Waals surface area contributed by atoms with Gasteiger partial charge in [-0.3, -0.25) is 9.52 Å². The monoisotopic (exact) mass is 285 g/mol. The molecule has 0 saturated heterocycles. The van der Waals surface area contributed by atoms with E-state index in [1.807, 2.05) is 0 Å². The van der Waals surface area contributed by atoms with Crippen LogP contribution in [0.1, 0.15) is 20.3 Å². The number of hydrogen-bond donors (Lipinski definition) is 3. The molecule has 0 radical (unpaired) electrons. The fraction of sp³-hybridized carbons (Fsp3) is 0.417. The summed E-state index contributed by atoms with van der Waals surface area (Å²) in [5.74, 6) is -0.213. The van der Waals surface area contributed by atoms with E-state index in [1.165, 1.54) is 0 Å². The van der Waals surface area contributed by atoms with Gasteiger partial charge in [0.25, 0.3) is 0 Å². The number of benzene rings is 1. The van der Waals surface area contributed by atoms with Crippen LogP contribution in [0.4, 0.5) is 11.4 Å². The van der Waals surface area contributed by atoms with Gasteiger partial charge in [0.1, 0.15) is 0 Å². The Kier molecular flexibility index (Phi) is 5.31. The van der Waals surface area contributed by atoms with Crippen molar-refractivity contribution < 1.29 is 13.2 Å². The third-order valence-corrected chi connectivity index (χ3v) is 3.80. The SMILES string of the molecule is CCCS(=O)(=O)Nc1ccc(NC(=O)[C@H](C)N)cc1. The highest BCUT2D eigenvalue weighted by Crippen LogP contribution is 2.15. The molecule has 0 fully saturated rings. The molecule has 0 aliphatic heterocycles. The lowest BCUT2D eigenvalue weighted by molar-refractivity contribution is -0.117. The van der Waals surface area contributed by atoms with Crippen molar-refractivity contribution in [3.63, 3.8) is 0 Å². The van der Waals surface area contributed by atoms with Gasteiger partial charge in [-0.25, -0.2) is 8.42 Å². The molecule has 0 spiro atoms. The third kappa shape index (κ3) is 5.27.